The largest absolute Gasteiger partial charge is 0.353 e. The lowest BCUT2D eigenvalue weighted by Crippen LogP contribution is -2.54. The van der Waals surface area contributed by atoms with Gasteiger partial charge in [-0.15, -0.1) is 6.42 Å². The van der Waals surface area contributed by atoms with Crippen molar-refractivity contribution in [2.24, 2.45) is 0 Å². The molecule has 0 aliphatic carbocycles. The number of hydrogen-bond acceptors (Lipinski definition) is 4. The maximum atomic E-state index is 5.85. The number of halogens is 1. The molecule has 18 heavy (non-hydrogen) atoms. The van der Waals surface area contributed by atoms with E-state index in [-0.39, 0.29) is 5.54 Å². The van der Waals surface area contributed by atoms with Gasteiger partial charge in [0.2, 0.25) is 0 Å². The predicted octanol–water partition coefficient (Wildman–Crippen LogP) is 1.66. The Bertz CT molecular complexity index is 458. The topological polar surface area (TPSA) is 32.3 Å². The quantitative estimate of drug-likeness (QED) is 0.761. The fraction of sp³-hybridized carbons (Fsp3) is 0.538. The minimum atomic E-state index is -0.188. The van der Waals surface area contributed by atoms with Crippen molar-refractivity contribution in [3.05, 3.63) is 17.5 Å². The van der Waals surface area contributed by atoms with Gasteiger partial charge in [-0.3, -0.25) is 9.88 Å². The summed E-state index contributed by atoms with van der Waals surface area (Å²) in [6, 6.07) is 0. The lowest BCUT2D eigenvalue weighted by Gasteiger charge is -2.41. The van der Waals surface area contributed by atoms with Crippen molar-refractivity contribution in [1.29, 1.82) is 0 Å². The molecule has 2 rings (SSSR count). The number of piperazine rings is 1. The Labute approximate surface area is 113 Å². The Morgan fingerprint density at radius 3 is 2.50 bits per heavy atom. The zero-order valence-electron chi connectivity index (χ0n) is 10.7. The number of rotatable bonds is 2. The molecule has 0 spiro atoms. The van der Waals surface area contributed by atoms with Crippen molar-refractivity contribution in [2.75, 3.05) is 31.1 Å². The second-order valence-corrected chi connectivity index (χ2v) is 5.26. The molecule has 4 nitrogen and oxygen atoms in total. The molecule has 1 saturated heterocycles. The van der Waals surface area contributed by atoms with E-state index in [1.165, 1.54) is 0 Å². The SMILES string of the molecule is C#CC(C)(C)N1CCN(c2cncc(Cl)n2)CC1. The van der Waals surface area contributed by atoms with E-state index in [1.807, 2.05) is 0 Å². The highest BCUT2D eigenvalue weighted by molar-refractivity contribution is 6.29. The van der Waals surface area contributed by atoms with Gasteiger partial charge in [0.05, 0.1) is 17.9 Å². The van der Waals surface area contributed by atoms with Crippen LogP contribution in [0.2, 0.25) is 5.15 Å². The van der Waals surface area contributed by atoms with Gasteiger partial charge in [0.1, 0.15) is 11.0 Å². The van der Waals surface area contributed by atoms with E-state index in [0.29, 0.717) is 5.15 Å². The molecule has 1 aromatic rings. The molecule has 0 unspecified atom stereocenters. The van der Waals surface area contributed by atoms with Crippen LogP contribution in [-0.2, 0) is 0 Å². The number of aromatic nitrogens is 2. The average molecular weight is 265 g/mol. The molecule has 0 bridgehead atoms. The van der Waals surface area contributed by atoms with Crippen molar-refractivity contribution >= 4 is 17.4 Å². The van der Waals surface area contributed by atoms with Crippen LogP contribution in [0.1, 0.15) is 13.8 Å². The molecule has 1 aliphatic heterocycles. The molecule has 0 saturated carbocycles. The lowest BCUT2D eigenvalue weighted by atomic mass is 10.0. The van der Waals surface area contributed by atoms with Crippen LogP contribution in [0, 0.1) is 12.3 Å². The predicted molar refractivity (Wildman–Crippen MR) is 73.7 cm³/mol. The second-order valence-electron chi connectivity index (χ2n) is 4.88. The molecule has 1 fully saturated rings. The van der Waals surface area contributed by atoms with Crippen LogP contribution in [0.25, 0.3) is 0 Å². The summed E-state index contributed by atoms with van der Waals surface area (Å²) in [7, 11) is 0. The van der Waals surface area contributed by atoms with E-state index in [1.54, 1.807) is 12.4 Å². The number of hydrogen-bond donors (Lipinski definition) is 0. The van der Waals surface area contributed by atoms with E-state index in [9.17, 15) is 0 Å². The van der Waals surface area contributed by atoms with Crippen molar-refractivity contribution in [1.82, 2.24) is 14.9 Å². The standard InChI is InChI=1S/C13H17ClN4/c1-4-13(2,3)18-7-5-17(6-8-18)12-10-15-9-11(14)16-12/h1,9-10H,5-8H2,2-3H3. The number of nitrogens with zero attached hydrogens (tertiary/aromatic N) is 4. The van der Waals surface area contributed by atoms with Crippen LogP contribution in [0.15, 0.2) is 12.4 Å². The van der Waals surface area contributed by atoms with Crippen LogP contribution >= 0.6 is 11.6 Å². The Morgan fingerprint density at radius 1 is 1.28 bits per heavy atom. The van der Waals surface area contributed by atoms with Gasteiger partial charge < -0.3 is 4.90 Å². The second kappa shape index (κ2) is 5.13. The van der Waals surface area contributed by atoms with E-state index in [4.69, 9.17) is 18.0 Å². The van der Waals surface area contributed by atoms with Gasteiger partial charge in [-0.2, -0.15) is 0 Å². The van der Waals surface area contributed by atoms with Crippen molar-refractivity contribution < 1.29 is 0 Å². The Balaban J connectivity index is 2.01. The van der Waals surface area contributed by atoms with Gasteiger partial charge in [0, 0.05) is 26.2 Å². The van der Waals surface area contributed by atoms with Gasteiger partial charge in [0.25, 0.3) is 0 Å². The third-order valence-corrected chi connectivity index (χ3v) is 3.52. The van der Waals surface area contributed by atoms with E-state index in [0.717, 1.165) is 32.0 Å². The van der Waals surface area contributed by atoms with Crippen LogP contribution < -0.4 is 4.90 Å². The lowest BCUT2D eigenvalue weighted by molar-refractivity contribution is 0.159. The summed E-state index contributed by atoms with van der Waals surface area (Å²) < 4.78 is 0. The highest BCUT2D eigenvalue weighted by Crippen LogP contribution is 2.19. The maximum Gasteiger partial charge on any atom is 0.149 e. The molecule has 5 heteroatoms. The summed E-state index contributed by atoms with van der Waals surface area (Å²) in [6.07, 6.45) is 8.85. The van der Waals surface area contributed by atoms with Crippen molar-refractivity contribution in [2.45, 2.75) is 19.4 Å². The van der Waals surface area contributed by atoms with Gasteiger partial charge in [-0.05, 0) is 13.8 Å². The summed E-state index contributed by atoms with van der Waals surface area (Å²) in [5, 5.41) is 0.430. The van der Waals surface area contributed by atoms with Crippen LogP contribution in [0.4, 0.5) is 5.82 Å². The third kappa shape index (κ3) is 2.74. The van der Waals surface area contributed by atoms with Gasteiger partial charge in [-0.25, -0.2) is 4.98 Å². The molecule has 2 heterocycles. The first-order valence-electron chi connectivity index (χ1n) is 5.98. The molecule has 0 atom stereocenters. The molecule has 1 aromatic heterocycles. The highest BCUT2D eigenvalue weighted by atomic mass is 35.5. The molecular formula is C13H17ClN4. The summed E-state index contributed by atoms with van der Waals surface area (Å²) in [6.45, 7) is 7.76. The normalized spacial score (nSPS) is 17.6. The summed E-state index contributed by atoms with van der Waals surface area (Å²) in [5.41, 5.74) is -0.188. The van der Waals surface area contributed by atoms with Gasteiger partial charge >= 0.3 is 0 Å². The summed E-state index contributed by atoms with van der Waals surface area (Å²) >= 11 is 5.85. The fourth-order valence-electron chi connectivity index (χ4n) is 2.07. The van der Waals surface area contributed by atoms with E-state index in [2.05, 4.69) is 39.5 Å². The molecule has 0 amide bonds. The fourth-order valence-corrected chi connectivity index (χ4v) is 2.21. The molecule has 0 N–H and O–H groups in total. The first kappa shape index (κ1) is 13.1. The van der Waals surface area contributed by atoms with Crippen molar-refractivity contribution in [3.8, 4) is 12.3 Å². The van der Waals surface area contributed by atoms with Crippen molar-refractivity contribution in [3.63, 3.8) is 0 Å². The smallest absolute Gasteiger partial charge is 0.149 e. The Morgan fingerprint density at radius 2 is 1.94 bits per heavy atom. The molecule has 0 aromatic carbocycles. The van der Waals surface area contributed by atoms with Gasteiger partial charge in [0.15, 0.2) is 0 Å². The maximum absolute atomic E-state index is 5.85. The molecular weight excluding hydrogens is 248 g/mol. The van der Waals surface area contributed by atoms with E-state index >= 15 is 0 Å². The summed E-state index contributed by atoms with van der Waals surface area (Å²) in [4.78, 5) is 12.8. The first-order chi connectivity index (χ1) is 8.53. The van der Waals surface area contributed by atoms with Crippen LogP contribution in [0.3, 0.4) is 0 Å². The summed E-state index contributed by atoms with van der Waals surface area (Å²) in [5.74, 6) is 3.67. The number of terminal acetylenes is 1. The minimum absolute atomic E-state index is 0.188. The van der Waals surface area contributed by atoms with Crippen LogP contribution in [-0.4, -0.2) is 46.6 Å². The molecule has 0 radical (unpaired) electrons. The van der Waals surface area contributed by atoms with Gasteiger partial charge in [-0.1, -0.05) is 17.5 Å². The molecule has 96 valence electrons. The Kier molecular flexibility index (Phi) is 3.74. The Hall–Kier alpha value is -1.31. The zero-order chi connectivity index (χ0) is 13.2. The van der Waals surface area contributed by atoms with E-state index < -0.39 is 0 Å². The number of anilines is 1. The minimum Gasteiger partial charge on any atom is -0.353 e. The average Bonchev–Trinajstić information content (AvgIpc) is 2.39. The first-order valence-corrected chi connectivity index (χ1v) is 6.36. The molecule has 1 aliphatic rings. The monoisotopic (exact) mass is 264 g/mol. The zero-order valence-corrected chi connectivity index (χ0v) is 11.5. The van der Waals surface area contributed by atoms with Crippen LogP contribution in [0.5, 0.6) is 0 Å². The third-order valence-electron chi connectivity index (χ3n) is 3.34. The highest BCUT2D eigenvalue weighted by Gasteiger charge is 2.28.